The Morgan fingerprint density at radius 1 is 1.10 bits per heavy atom. The molecule has 30 heavy (non-hydrogen) atoms. The summed E-state index contributed by atoms with van der Waals surface area (Å²) in [6.45, 7) is 1.23. The molecule has 0 saturated carbocycles. The molecule has 2 N–H and O–H groups in total. The van der Waals surface area contributed by atoms with E-state index in [4.69, 9.17) is 13.9 Å². The molecule has 0 aliphatic rings. The van der Waals surface area contributed by atoms with Gasteiger partial charge >= 0.3 is 11.6 Å². The third-order valence-electron chi connectivity index (χ3n) is 4.91. The summed E-state index contributed by atoms with van der Waals surface area (Å²) in [5, 5.41) is 12.5. The van der Waals surface area contributed by atoms with Crippen molar-refractivity contribution in [2.24, 2.45) is 0 Å². The Morgan fingerprint density at radius 3 is 2.53 bits per heavy atom. The zero-order chi connectivity index (χ0) is 21.4. The molecule has 152 valence electrons. The maximum atomic E-state index is 12.4. The predicted molar refractivity (Wildman–Crippen MR) is 114 cm³/mol. The number of aryl methyl sites for hydroxylation is 1. The second-order valence-corrected chi connectivity index (χ2v) is 7.76. The molecule has 0 unspecified atom stereocenters. The Bertz CT molecular complexity index is 1350. The SMILES string of the molecule is Cc1c(CC(=O)NCC(=O)O)c(=O)oc2cc3occ(-c4ccc(Br)cc4)c3cc12. The number of amides is 1. The summed E-state index contributed by atoms with van der Waals surface area (Å²) >= 11 is 3.42. The van der Waals surface area contributed by atoms with Crippen molar-refractivity contribution in [1.82, 2.24) is 5.32 Å². The highest BCUT2D eigenvalue weighted by Crippen LogP contribution is 2.35. The molecule has 2 aromatic heterocycles. The van der Waals surface area contributed by atoms with E-state index in [1.54, 1.807) is 19.3 Å². The maximum Gasteiger partial charge on any atom is 0.340 e. The molecule has 2 heterocycles. The Labute approximate surface area is 178 Å². The van der Waals surface area contributed by atoms with Crippen LogP contribution in [0.3, 0.4) is 0 Å². The molecule has 0 fully saturated rings. The fraction of sp³-hybridized carbons (Fsp3) is 0.136. The van der Waals surface area contributed by atoms with Gasteiger partial charge in [0.25, 0.3) is 0 Å². The smallest absolute Gasteiger partial charge is 0.340 e. The van der Waals surface area contributed by atoms with Gasteiger partial charge in [0.05, 0.1) is 18.2 Å². The van der Waals surface area contributed by atoms with Gasteiger partial charge in [0.15, 0.2) is 0 Å². The number of hydrogen-bond acceptors (Lipinski definition) is 5. The average Bonchev–Trinajstić information content (AvgIpc) is 3.12. The number of carbonyl (C=O) groups excluding carboxylic acids is 1. The molecular weight excluding hydrogens is 454 g/mol. The van der Waals surface area contributed by atoms with Crippen molar-refractivity contribution in [3.05, 3.63) is 68.7 Å². The third-order valence-corrected chi connectivity index (χ3v) is 5.44. The number of furan rings is 1. The number of rotatable bonds is 5. The molecule has 7 nitrogen and oxygen atoms in total. The van der Waals surface area contributed by atoms with Gasteiger partial charge < -0.3 is 19.3 Å². The summed E-state index contributed by atoms with van der Waals surface area (Å²) in [6.07, 6.45) is 1.39. The van der Waals surface area contributed by atoms with Crippen LogP contribution in [0.2, 0.25) is 0 Å². The van der Waals surface area contributed by atoms with Gasteiger partial charge in [-0.25, -0.2) is 4.79 Å². The third kappa shape index (κ3) is 3.73. The molecule has 1 amide bonds. The molecule has 0 saturated heterocycles. The molecule has 8 heteroatoms. The molecule has 0 spiro atoms. The largest absolute Gasteiger partial charge is 0.480 e. The van der Waals surface area contributed by atoms with E-state index in [0.717, 1.165) is 21.0 Å². The second kappa shape index (κ2) is 7.79. The first kappa shape index (κ1) is 19.9. The number of carbonyl (C=O) groups is 2. The topological polar surface area (TPSA) is 110 Å². The van der Waals surface area contributed by atoms with E-state index in [2.05, 4.69) is 21.2 Å². The average molecular weight is 470 g/mol. The van der Waals surface area contributed by atoms with Crippen molar-refractivity contribution >= 4 is 49.7 Å². The zero-order valence-electron chi connectivity index (χ0n) is 15.8. The van der Waals surface area contributed by atoms with Crippen LogP contribution < -0.4 is 10.9 Å². The molecule has 0 radical (unpaired) electrons. The lowest BCUT2D eigenvalue weighted by atomic mass is 9.99. The first-order valence-electron chi connectivity index (χ1n) is 9.05. The van der Waals surface area contributed by atoms with Crippen LogP contribution in [0, 0.1) is 6.92 Å². The minimum absolute atomic E-state index is 0.193. The summed E-state index contributed by atoms with van der Waals surface area (Å²) in [6, 6.07) is 11.3. The summed E-state index contributed by atoms with van der Waals surface area (Å²) in [4.78, 5) is 35.1. The van der Waals surface area contributed by atoms with Crippen LogP contribution >= 0.6 is 15.9 Å². The molecule has 0 aliphatic carbocycles. The Kier molecular flexibility index (Phi) is 5.17. The van der Waals surface area contributed by atoms with E-state index in [0.29, 0.717) is 22.1 Å². The number of fused-ring (bicyclic) bond motifs is 2. The van der Waals surface area contributed by atoms with Crippen molar-refractivity contribution in [3.8, 4) is 11.1 Å². The Hall–Kier alpha value is -3.39. The van der Waals surface area contributed by atoms with Gasteiger partial charge in [0, 0.05) is 26.9 Å². The minimum Gasteiger partial charge on any atom is -0.480 e. The minimum atomic E-state index is -1.16. The highest BCUT2D eigenvalue weighted by Gasteiger charge is 2.18. The molecular formula is C22H16BrNO6. The highest BCUT2D eigenvalue weighted by atomic mass is 79.9. The molecule has 4 rings (SSSR count). The summed E-state index contributed by atoms with van der Waals surface area (Å²) < 4.78 is 12.1. The molecule has 2 aromatic carbocycles. The number of carboxylic acids is 1. The number of aliphatic carboxylic acids is 1. The zero-order valence-corrected chi connectivity index (χ0v) is 17.4. The Morgan fingerprint density at radius 2 is 1.83 bits per heavy atom. The van der Waals surface area contributed by atoms with E-state index in [-0.39, 0.29) is 12.0 Å². The van der Waals surface area contributed by atoms with Crippen LogP contribution in [0.5, 0.6) is 0 Å². The molecule has 4 aromatic rings. The maximum absolute atomic E-state index is 12.4. The van der Waals surface area contributed by atoms with Gasteiger partial charge in [-0.15, -0.1) is 0 Å². The Balaban J connectivity index is 1.81. The van der Waals surface area contributed by atoms with Crippen LogP contribution in [0.25, 0.3) is 33.1 Å². The summed E-state index contributed by atoms with van der Waals surface area (Å²) in [7, 11) is 0. The number of hydrogen-bond donors (Lipinski definition) is 2. The first-order chi connectivity index (χ1) is 14.3. The van der Waals surface area contributed by atoms with Crippen LogP contribution in [0.15, 0.2) is 60.8 Å². The van der Waals surface area contributed by atoms with Crippen molar-refractivity contribution in [2.45, 2.75) is 13.3 Å². The van der Waals surface area contributed by atoms with Crippen LogP contribution in [-0.2, 0) is 16.0 Å². The number of carboxylic acid groups (broad SMARTS) is 1. The second-order valence-electron chi connectivity index (χ2n) is 6.84. The fourth-order valence-electron chi connectivity index (χ4n) is 3.36. The van der Waals surface area contributed by atoms with Gasteiger partial charge in [0.2, 0.25) is 5.91 Å². The lowest BCUT2D eigenvalue weighted by Gasteiger charge is -2.08. The predicted octanol–water partition coefficient (Wildman–Crippen LogP) is 4.02. The standard InChI is InChI=1S/C22H16BrNO6/c1-11-14-6-16-17(12-2-4-13(23)5-3-12)10-29-18(16)8-19(14)30-22(28)15(11)7-20(25)24-9-21(26)27/h2-6,8,10H,7,9H2,1H3,(H,24,25)(H,26,27). The quantitative estimate of drug-likeness (QED) is 0.427. The van der Waals surface area contributed by atoms with Gasteiger partial charge in [-0.2, -0.15) is 0 Å². The molecule has 0 atom stereocenters. The van der Waals surface area contributed by atoms with Crippen molar-refractivity contribution in [1.29, 1.82) is 0 Å². The normalized spacial score (nSPS) is 11.1. The van der Waals surface area contributed by atoms with Crippen LogP contribution in [0.4, 0.5) is 0 Å². The lowest BCUT2D eigenvalue weighted by molar-refractivity contribution is -0.137. The fourth-order valence-corrected chi connectivity index (χ4v) is 3.63. The molecule has 0 bridgehead atoms. The van der Waals surface area contributed by atoms with E-state index >= 15 is 0 Å². The van der Waals surface area contributed by atoms with Crippen molar-refractivity contribution < 1.29 is 23.5 Å². The number of halogens is 1. The van der Waals surface area contributed by atoms with Gasteiger partial charge in [-0.3, -0.25) is 9.59 Å². The van der Waals surface area contributed by atoms with E-state index in [1.807, 2.05) is 30.3 Å². The van der Waals surface area contributed by atoms with Crippen molar-refractivity contribution in [2.75, 3.05) is 6.54 Å². The summed E-state index contributed by atoms with van der Waals surface area (Å²) in [5.41, 5.74) is 2.97. The van der Waals surface area contributed by atoms with E-state index in [9.17, 15) is 14.4 Å². The first-order valence-corrected chi connectivity index (χ1v) is 9.84. The highest BCUT2D eigenvalue weighted by molar-refractivity contribution is 9.10. The van der Waals surface area contributed by atoms with Gasteiger partial charge in [0.1, 0.15) is 17.7 Å². The van der Waals surface area contributed by atoms with Crippen LogP contribution in [0.1, 0.15) is 11.1 Å². The summed E-state index contributed by atoms with van der Waals surface area (Å²) in [5.74, 6) is -1.72. The molecule has 0 aliphatic heterocycles. The lowest BCUT2D eigenvalue weighted by Crippen LogP contribution is -2.32. The number of nitrogens with one attached hydrogen (secondary N) is 1. The number of benzene rings is 2. The van der Waals surface area contributed by atoms with Gasteiger partial charge in [-0.1, -0.05) is 28.1 Å². The monoisotopic (exact) mass is 469 g/mol. The van der Waals surface area contributed by atoms with Gasteiger partial charge in [-0.05, 0) is 36.2 Å². The van der Waals surface area contributed by atoms with Crippen LogP contribution in [-0.4, -0.2) is 23.5 Å². The van der Waals surface area contributed by atoms with E-state index < -0.39 is 24.0 Å². The van der Waals surface area contributed by atoms with Crippen molar-refractivity contribution in [3.63, 3.8) is 0 Å². The van der Waals surface area contributed by atoms with E-state index in [1.165, 1.54) is 0 Å².